The summed E-state index contributed by atoms with van der Waals surface area (Å²) in [5.74, 6) is 0.587. The van der Waals surface area contributed by atoms with Gasteiger partial charge in [0.25, 0.3) is 5.91 Å². The molecule has 0 aliphatic heterocycles. The summed E-state index contributed by atoms with van der Waals surface area (Å²) in [4.78, 5) is 12.0. The molecule has 1 aliphatic carbocycles. The van der Waals surface area contributed by atoms with Gasteiger partial charge in [-0.05, 0) is 31.4 Å². The third kappa shape index (κ3) is 2.15. The van der Waals surface area contributed by atoms with Gasteiger partial charge in [-0.25, -0.2) is 0 Å². The summed E-state index contributed by atoms with van der Waals surface area (Å²) in [5, 5.41) is 15.8. The minimum atomic E-state index is -0.485. The molecule has 0 unspecified atom stereocenters. The molecule has 6 heteroatoms. The Hall–Kier alpha value is -2.08. The van der Waals surface area contributed by atoms with E-state index in [9.17, 15) is 9.90 Å². The fraction of sp³-hybridized carbons (Fsp3) is 0.385. The van der Waals surface area contributed by atoms with Crippen molar-refractivity contribution in [3.63, 3.8) is 0 Å². The quantitative estimate of drug-likeness (QED) is 0.873. The molecule has 2 heterocycles. The third-order valence-electron chi connectivity index (χ3n) is 3.50. The average Bonchev–Trinajstić information content (AvgIpc) is 3.02. The van der Waals surface area contributed by atoms with Crippen LogP contribution < -0.4 is 5.32 Å². The maximum Gasteiger partial charge on any atom is 0.273 e. The maximum absolute atomic E-state index is 12.0. The van der Waals surface area contributed by atoms with E-state index in [1.54, 1.807) is 12.1 Å². The van der Waals surface area contributed by atoms with Gasteiger partial charge in [-0.1, -0.05) is 5.16 Å². The molecule has 100 valence electrons. The topological polar surface area (TPSA) is 88.5 Å². The van der Waals surface area contributed by atoms with Crippen molar-refractivity contribution in [1.29, 1.82) is 0 Å². The van der Waals surface area contributed by atoms with Crippen molar-refractivity contribution in [2.75, 3.05) is 6.61 Å². The summed E-state index contributed by atoms with van der Waals surface area (Å²) in [7, 11) is 0. The van der Waals surface area contributed by atoms with Gasteiger partial charge < -0.3 is 19.4 Å². The van der Waals surface area contributed by atoms with Crippen LogP contribution >= 0.6 is 0 Å². The van der Waals surface area contributed by atoms with Crippen LogP contribution in [0.15, 0.2) is 33.4 Å². The number of amides is 1. The second-order valence-corrected chi connectivity index (χ2v) is 4.80. The number of carbonyl (C=O) groups excluding carboxylic acids is 1. The van der Waals surface area contributed by atoms with Crippen molar-refractivity contribution in [2.24, 2.45) is 0 Å². The predicted octanol–water partition coefficient (Wildman–Crippen LogP) is 1.58. The molecule has 2 N–H and O–H groups in total. The second-order valence-electron chi connectivity index (χ2n) is 4.80. The fourth-order valence-corrected chi connectivity index (χ4v) is 2.15. The monoisotopic (exact) mass is 262 g/mol. The van der Waals surface area contributed by atoms with Crippen LogP contribution in [0.4, 0.5) is 0 Å². The molecule has 1 saturated carbocycles. The van der Waals surface area contributed by atoms with Crippen LogP contribution in [0, 0.1) is 0 Å². The molecular weight excluding hydrogens is 248 g/mol. The highest BCUT2D eigenvalue weighted by Gasteiger charge is 2.38. The Kier molecular flexibility index (Phi) is 2.87. The van der Waals surface area contributed by atoms with Gasteiger partial charge in [-0.15, -0.1) is 0 Å². The first-order valence-corrected chi connectivity index (χ1v) is 6.16. The van der Waals surface area contributed by atoms with Gasteiger partial charge in [0.2, 0.25) is 5.76 Å². The second kappa shape index (κ2) is 4.55. The number of hydrogen-bond acceptors (Lipinski definition) is 5. The molecule has 2 aromatic rings. The van der Waals surface area contributed by atoms with Crippen molar-refractivity contribution in [1.82, 2.24) is 10.5 Å². The van der Waals surface area contributed by atoms with E-state index >= 15 is 0 Å². The van der Waals surface area contributed by atoms with E-state index in [0.29, 0.717) is 11.5 Å². The van der Waals surface area contributed by atoms with Crippen LogP contribution in [0.25, 0.3) is 11.5 Å². The van der Waals surface area contributed by atoms with Gasteiger partial charge in [0.05, 0.1) is 18.4 Å². The van der Waals surface area contributed by atoms with Gasteiger partial charge in [-0.2, -0.15) is 0 Å². The highest BCUT2D eigenvalue weighted by atomic mass is 16.5. The van der Waals surface area contributed by atoms with Crippen LogP contribution in [0.5, 0.6) is 0 Å². The first-order chi connectivity index (χ1) is 9.22. The Morgan fingerprint density at radius 3 is 2.89 bits per heavy atom. The van der Waals surface area contributed by atoms with Crippen LogP contribution in [0.3, 0.4) is 0 Å². The summed E-state index contributed by atoms with van der Waals surface area (Å²) >= 11 is 0. The van der Waals surface area contributed by atoms with E-state index in [2.05, 4.69) is 10.5 Å². The number of nitrogens with zero attached hydrogens (tertiary/aromatic N) is 1. The number of aliphatic hydroxyl groups is 1. The van der Waals surface area contributed by atoms with E-state index in [-0.39, 0.29) is 18.2 Å². The Bertz CT molecular complexity index is 564. The normalized spacial score (nSPS) is 16.9. The summed E-state index contributed by atoms with van der Waals surface area (Å²) in [6.07, 6.45) is 4.11. The lowest BCUT2D eigenvalue weighted by atomic mass is 9.77. The Balaban J connectivity index is 1.74. The molecule has 0 aromatic carbocycles. The van der Waals surface area contributed by atoms with E-state index < -0.39 is 5.54 Å². The standard InChI is InChI=1S/C13H14N2O4/c16-8-13(4-2-5-13)14-12(17)9-7-11(19-15-9)10-3-1-6-18-10/h1,3,6-7,16H,2,4-5,8H2,(H,14,17). The number of carbonyl (C=O) groups is 1. The molecule has 0 atom stereocenters. The van der Waals surface area contributed by atoms with E-state index in [4.69, 9.17) is 8.94 Å². The number of nitrogens with one attached hydrogen (secondary N) is 1. The first kappa shape index (κ1) is 12.0. The number of aliphatic hydroxyl groups excluding tert-OH is 1. The van der Waals surface area contributed by atoms with Crippen molar-refractivity contribution >= 4 is 5.91 Å². The first-order valence-electron chi connectivity index (χ1n) is 6.16. The smallest absolute Gasteiger partial charge is 0.273 e. The van der Waals surface area contributed by atoms with Gasteiger partial charge in [-0.3, -0.25) is 4.79 Å². The zero-order valence-electron chi connectivity index (χ0n) is 10.3. The van der Waals surface area contributed by atoms with E-state index in [1.165, 1.54) is 12.3 Å². The summed E-state index contributed by atoms with van der Waals surface area (Å²) in [6.45, 7) is -0.0539. The lowest BCUT2D eigenvalue weighted by Crippen LogP contribution is -2.56. The lowest BCUT2D eigenvalue weighted by molar-refractivity contribution is 0.0634. The zero-order valence-corrected chi connectivity index (χ0v) is 10.3. The minimum absolute atomic E-state index is 0.0539. The van der Waals surface area contributed by atoms with Crippen molar-refractivity contribution in [3.05, 3.63) is 30.2 Å². The number of furan rings is 1. The molecule has 0 bridgehead atoms. The van der Waals surface area contributed by atoms with Crippen LogP contribution in [-0.2, 0) is 0 Å². The van der Waals surface area contributed by atoms with Crippen molar-refractivity contribution in [3.8, 4) is 11.5 Å². The summed E-state index contributed by atoms with van der Waals surface area (Å²) in [5.41, 5.74) is -0.299. The van der Waals surface area contributed by atoms with Crippen LogP contribution in [-0.4, -0.2) is 28.3 Å². The molecule has 19 heavy (non-hydrogen) atoms. The molecule has 1 aliphatic rings. The summed E-state index contributed by atoms with van der Waals surface area (Å²) < 4.78 is 10.2. The predicted molar refractivity (Wildman–Crippen MR) is 65.3 cm³/mol. The molecule has 0 spiro atoms. The minimum Gasteiger partial charge on any atom is -0.461 e. The van der Waals surface area contributed by atoms with Crippen molar-refractivity contribution in [2.45, 2.75) is 24.8 Å². The fourth-order valence-electron chi connectivity index (χ4n) is 2.15. The summed E-state index contributed by atoms with van der Waals surface area (Å²) in [6, 6.07) is 4.98. The molecule has 1 amide bonds. The molecule has 1 fully saturated rings. The Morgan fingerprint density at radius 2 is 2.32 bits per heavy atom. The van der Waals surface area contributed by atoms with Gasteiger partial charge in [0, 0.05) is 6.07 Å². The Labute approximate surface area is 109 Å². The Morgan fingerprint density at radius 1 is 1.47 bits per heavy atom. The van der Waals surface area contributed by atoms with Gasteiger partial charge in [0.1, 0.15) is 0 Å². The van der Waals surface area contributed by atoms with Crippen LogP contribution in [0.2, 0.25) is 0 Å². The zero-order chi connectivity index (χ0) is 13.3. The number of hydrogen-bond donors (Lipinski definition) is 2. The van der Waals surface area contributed by atoms with Gasteiger partial charge >= 0.3 is 0 Å². The third-order valence-corrected chi connectivity index (χ3v) is 3.50. The maximum atomic E-state index is 12.0. The molecule has 6 nitrogen and oxygen atoms in total. The molecular formula is C13H14N2O4. The highest BCUT2D eigenvalue weighted by molar-refractivity contribution is 5.93. The SMILES string of the molecule is O=C(NC1(CO)CCC1)c1cc(-c2ccco2)on1. The lowest BCUT2D eigenvalue weighted by Gasteiger charge is -2.40. The highest BCUT2D eigenvalue weighted by Crippen LogP contribution is 2.31. The molecule has 0 saturated heterocycles. The van der Waals surface area contributed by atoms with Crippen LogP contribution in [0.1, 0.15) is 29.8 Å². The number of rotatable bonds is 4. The number of aromatic nitrogens is 1. The van der Waals surface area contributed by atoms with E-state index in [0.717, 1.165) is 19.3 Å². The van der Waals surface area contributed by atoms with Gasteiger partial charge in [0.15, 0.2) is 11.5 Å². The molecule has 2 aromatic heterocycles. The van der Waals surface area contributed by atoms with E-state index in [1.807, 2.05) is 0 Å². The molecule has 0 radical (unpaired) electrons. The molecule has 3 rings (SSSR count). The van der Waals surface area contributed by atoms with Crippen molar-refractivity contribution < 1.29 is 18.8 Å². The largest absolute Gasteiger partial charge is 0.461 e. The average molecular weight is 262 g/mol.